The van der Waals surface area contributed by atoms with Crippen LogP contribution in [0.1, 0.15) is 53.4 Å². The van der Waals surface area contributed by atoms with Crippen molar-refractivity contribution < 1.29 is 14.3 Å². The van der Waals surface area contributed by atoms with Gasteiger partial charge in [-0.05, 0) is 35.6 Å². The first-order chi connectivity index (χ1) is 12.9. The van der Waals surface area contributed by atoms with Crippen LogP contribution < -0.4 is 14.8 Å². The minimum absolute atomic E-state index is 0.0307. The zero-order valence-electron chi connectivity index (χ0n) is 16.4. The van der Waals surface area contributed by atoms with Crippen molar-refractivity contribution in [3.63, 3.8) is 0 Å². The maximum atomic E-state index is 12.5. The van der Waals surface area contributed by atoms with Crippen molar-refractivity contribution in [1.82, 2.24) is 5.32 Å². The van der Waals surface area contributed by atoms with Crippen molar-refractivity contribution in [2.75, 3.05) is 19.8 Å². The van der Waals surface area contributed by atoms with Gasteiger partial charge >= 0.3 is 0 Å². The second-order valence-corrected chi connectivity index (χ2v) is 8.35. The number of ether oxygens (including phenoxy) is 2. The number of amides is 1. The fourth-order valence-electron chi connectivity index (χ4n) is 3.87. The summed E-state index contributed by atoms with van der Waals surface area (Å²) in [5, 5.41) is 3.05. The molecule has 142 valence electrons. The topological polar surface area (TPSA) is 47.6 Å². The van der Waals surface area contributed by atoms with Crippen LogP contribution in [-0.4, -0.2) is 25.7 Å². The van der Waals surface area contributed by atoms with Crippen LogP contribution in [0.15, 0.2) is 30.3 Å². The van der Waals surface area contributed by atoms with Gasteiger partial charge in [-0.3, -0.25) is 4.79 Å². The van der Waals surface area contributed by atoms with Crippen LogP contribution in [0.2, 0.25) is 0 Å². The molecule has 0 saturated carbocycles. The fraction of sp³-hybridized carbons (Fsp3) is 0.435. The number of carbonyl (C=O) groups excluding carboxylic acids is 1. The van der Waals surface area contributed by atoms with Gasteiger partial charge in [0.25, 0.3) is 5.91 Å². The van der Waals surface area contributed by atoms with E-state index in [-0.39, 0.29) is 11.3 Å². The van der Waals surface area contributed by atoms with E-state index in [1.807, 2.05) is 24.3 Å². The molecular formula is C23H27NO3. The predicted octanol–water partition coefficient (Wildman–Crippen LogP) is 3.83. The Morgan fingerprint density at radius 2 is 1.81 bits per heavy atom. The molecule has 2 aliphatic heterocycles. The Morgan fingerprint density at radius 3 is 2.56 bits per heavy atom. The fourth-order valence-corrected chi connectivity index (χ4v) is 3.87. The third-order valence-corrected chi connectivity index (χ3v) is 5.43. The van der Waals surface area contributed by atoms with Gasteiger partial charge < -0.3 is 14.8 Å². The monoisotopic (exact) mass is 365 g/mol. The summed E-state index contributed by atoms with van der Waals surface area (Å²) >= 11 is 0. The zero-order chi connectivity index (χ0) is 19.0. The minimum atomic E-state index is -0.0307. The summed E-state index contributed by atoms with van der Waals surface area (Å²) in [6.07, 6.45) is 2.62. The molecule has 2 aromatic carbocycles. The van der Waals surface area contributed by atoms with Gasteiger partial charge in [0, 0.05) is 41.6 Å². The molecule has 4 nitrogen and oxygen atoms in total. The van der Waals surface area contributed by atoms with Crippen molar-refractivity contribution in [1.29, 1.82) is 0 Å². The molecule has 4 heteroatoms. The van der Waals surface area contributed by atoms with E-state index < -0.39 is 0 Å². The molecule has 0 unspecified atom stereocenters. The molecule has 0 spiro atoms. The Hall–Kier alpha value is -2.49. The summed E-state index contributed by atoms with van der Waals surface area (Å²) in [4.78, 5) is 12.5. The molecule has 1 amide bonds. The lowest BCUT2D eigenvalue weighted by molar-refractivity contribution is 0.0954. The second kappa shape index (κ2) is 6.91. The normalized spacial score (nSPS) is 14.9. The Bertz CT molecular complexity index is 830. The first-order valence-electron chi connectivity index (χ1n) is 9.75. The average molecular weight is 365 g/mol. The summed E-state index contributed by atoms with van der Waals surface area (Å²) in [7, 11) is 0. The van der Waals surface area contributed by atoms with E-state index in [0.717, 1.165) is 44.0 Å². The van der Waals surface area contributed by atoms with Crippen LogP contribution in [0.25, 0.3) is 0 Å². The molecule has 0 bridgehead atoms. The zero-order valence-corrected chi connectivity index (χ0v) is 16.4. The predicted molar refractivity (Wildman–Crippen MR) is 106 cm³/mol. The van der Waals surface area contributed by atoms with Crippen LogP contribution >= 0.6 is 0 Å². The van der Waals surface area contributed by atoms with Gasteiger partial charge in [0.05, 0.1) is 13.2 Å². The van der Waals surface area contributed by atoms with Crippen molar-refractivity contribution >= 4 is 5.91 Å². The highest BCUT2D eigenvalue weighted by molar-refractivity contribution is 5.94. The highest BCUT2D eigenvalue weighted by Gasteiger charge is 2.26. The smallest absolute Gasteiger partial charge is 0.251 e. The van der Waals surface area contributed by atoms with E-state index in [1.165, 1.54) is 22.3 Å². The number of rotatable bonds is 4. The molecule has 4 rings (SSSR count). The van der Waals surface area contributed by atoms with Gasteiger partial charge in [0.15, 0.2) is 0 Å². The third kappa shape index (κ3) is 3.53. The van der Waals surface area contributed by atoms with Crippen molar-refractivity contribution in [2.45, 2.75) is 45.4 Å². The molecule has 0 atom stereocenters. The van der Waals surface area contributed by atoms with E-state index in [1.54, 1.807) is 0 Å². The summed E-state index contributed by atoms with van der Waals surface area (Å²) in [6, 6.07) is 10.0. The average Bonchev–Trinajstić information content (AvgIpc) is 3.29. The summed E-state index contributed by atoms with van der Waals surface area (Å²) < 4.78 is 11.6. The quantitative estimate of drug-likeness (QED) is 0.896. The number of carbonyl (C=O) groups is 1. The van der Waals surface area contributed by atoms with Gasteiger partial charge in [-0.2, -0.15) is 0 Å². The number of fused-ring (bicyclic) bond motifs is 2. The number of nitrogens with one attached hydrogen (secondary N) is 1. The van der Waals surface area contributed by atoms with Crippen molar-refractivity contribution in [3.8, 4) is 11.5 Å². The Kier molecular flexibility index (Phi) is 4.58. The highest BCUT2D eigenvalue weighted by atomic mass is 16.5. The molecule has 1 N–H and O–H groups in total. The standard InChI is InChI=1S/C23H27NO3/c1-23(2,3)17-6-4-15(5-7-17)22(25)24-11-8-19-18-10-13-26-20(18)14-16-9-12-27-21(16)19/h4-7,14H,8-13H2,1-3H3,(H,24,25). The summed E-state index contributed by atoms with van der Waals surface area (Å²) in [5.74, 6) is 1.98. The van der Waals surface area contributed by atoms with Gasteiger partial charge in [-0.1, -0.05) is 32.9 Å². The van der Waals surface area contributed by atoms with Crippen LogP contribution in [0.5, 0.6) is 11.5 Å². The molecule has 0 aromatic heterocycles. The van der Waals surface area contributed by atoms with Crippen LogP contribution in [0, 0.1) is 0 Å². The Labute approximate surface area is 160 Å². The van der Waals surface area contributed by atoms with Crippen LogP contribution in [-0.2, 0) is 24.7 Å². The van der Waals surface area contributed by atoms with Crippen LogP contribution in [0.4, 0.5) is 0 Å². The third-order valence-electron chi connectivity index (χ3n) is 5.43. The molecule has 2 aliphatic rings. The van der Waals surface area contributed by atoms with Crippen LogP contribution in [0.3, 0.4) is 0 Å². The molecular weight excluding hydrogens is 338 g/mol. The van der Waals surface area contributed by atoms with E-state index in [2.05, 4.69) is 32.2 Å². The first-order valence-corrected chi connectivity index (χ1v) is 9.75. The maximum absolute atomic E-state index is 12.5. The lowest BCUT2D eigenvalue weighted by atomic mass is 9.87. The first kappa shape index (κ1) is 17.9. The summed E-state index contributed by atoms with van der Waals surface area (Å²) in [6.45, 7) is 8.57. The van der Waals surface area contributed by atoms with Gasteiger partial charge in [-0.15, -0.1) is 0 Å². The van der Waals surface area contributed by atoms with Gasteiger partial charge in [-0.25, -0.2) is 0 Å². The van der Waals surface area contributed by atoms with E-state index in [9.17, 15) is 4.79 Å². The van der Waals surface area contributed by atoms with E-state index >= 15 is 0 Å². The molecule has 2 heterocycles. The number of hydrogen-bond acceptors (Lipinski definition) is 3. The maximum Gasteiger partial charge on any atom is 0.251 e. The largest absolute Gasteiger partial charge is 0.493 e. The Morgan fingerprint density at radius 1 is 1.07 bits per heavy atom. The molecule has 0 saturated heterocycles. The number of benzene rings is 2. The number of hydrogen-bond donors (Lipinski definition) is 1. The second-order valence-electron chi connectivity index (χ2n) is 8.35. The molecule has 2 aromatic rings. The molecule has 0 aliphatic carbocycles. The lowest BCUT2D eigenvalue weighted by Gasteiger charge is -2.19. The van der Waals surface area contributed by atoms with Crippen molar-refractivity contribution in [2.24, 2.45) is 0 Å². The summed E-state index contributed by atoms with van der Waals surface area (Å²) in [5.41, 5.74) is 5.71. The molecule has 0 fully saturated rings. The van der Waals surface area contributed by atoms with Crippen molar-refractivity contribution in [3.05, 3.63) is 58.1 Å². The van der Waals surface area contributed by atoms with E-state index in [0.29, 0.717) is 12.1 Å². The molecule has 0 radical (unpaired) electrons. The van der Waals surface area contributed by atoms with Gasteiger partial charge in [0.1, 0.15) is 11.5 Å². The van der Waals surface area contributed by atoms with E-state index in [4.69, 9.17) is 9.47 Å². The Balaban J connectivity index is 1.43. The molecule has 27 heavy (non-hydrogen) atoms. The lowest BCUT2D eigenvalue weighted by Crippen LogP contribution is -2.26. The highest BCUT2D eigenvalue weighted by Crippen LogP contribution is 2.40. The van der Waals surface area contributed by atoms with Gasteiger partial charge in [0.2, 0.25) is 0 Å². The minimum Gasteiger partial charge on any atom is -0.493 e. The SMILES string of the molecule is CC(C)(C)c1ccc(C(=O)NCCc2c3c(cc4c2OCC4)OCC3)cc1.